The minimum atomic E-state index is -0.838. The highest BCUT2D eigenvalue weighted by Crippen LogP contribution is 2.50. The smallest absolute Gasteiger partial charge is 0.337 e. The summed E-state index contributed by atoms with van der Waals surface area (Å²) < 4.78 is 36.4. The summed E-state index contributed by atoms with van der Waals surface area (Å²) in [4.78, 5) is 12.4. The zero-order valence-corrected chi connectivity index (χ0v) is 15.3. The van der Waals surface area contributed by atoms with E-state index in [1.165, 1.54) is 20.0 Å². The van der Waals surface area contributed by atoms with Crippen molar-refractivity contribution in [2.45, 2.75) is 106 Å². The number of carbonyl (C=O) groups is 1. The Morgan fingerprint density at radius 3 is 1.92 bits per heavy atom. The minimum Gasteiger partial charge on any atom is -0.467 e. The average molecular weight is 368 g/mol. The lowest BCUT2D eigenvalue weighted by Gasteiger charge is -2.35. The standard InChI is InChI=1S/C19H28O7/c1-21-16(20)14-12-13(24-18(23-12)8-4-2-5-9-18)15-17(22-14)26-19(25-15)10-6-3-7-11-19/h12-15,17H,2-11H2,1H3/t12-,13-,14+,15+,17-/m0/s1. The lowest BCUT2D eigenvalue weighted by molar-refractivity contribution is -0.251. The second-order valence-electron chi connectivity index (χ2n) is 8.26. The first-order valence-electron chi connectivity index (χ1n) is 10.1. The normalized spacial score (nSPS) is 43.2. The topological polar surface area (TPSA) is 72.5 Å². The molecule has 146 valence electrons. The lowest BCUT2D eigenvalue weighted by Crippen LogP contribution is -2.57. The Kier molecular flexibility index (Phi) is 4.29. The predicted molar refractivity (Wildman–Crippen MR) is 88.0 cm³/mol. The maximum atomic E-state index is 12.4. The van der Waals surface area contributed by atoms with E-state index in [2.05, 4.69) is 0 Å². The maximum absolute atomic E-state index is 12.4. The third-order valence-corrected chi connectivity index (χ3v) is 6.54. The van der Waals surface area contributed by atoms with Crippen LogP contribution in [0.3, 0.4) is 0 Å². The molecule has 0 unspecified atom stereocenters. The van der Waals surface area contributed by atoms with Gasteiger partial charge in [0.1, 0.15) is 18.3 Å². The van der Waals surface area contributed by atoms with Crippen LogP contribution in [0.1, 0.15) is 64.2 Å². The molecule has 7 nitrogen and oxygen atoms in total. The Balaban J connectivity index is 1.43. The van der Waals surface area contributed by atoms with Crippen molar-refractivity contribution in [3.8, 4) is 0 Å². The molecule has 26 heavy (non-hydrogen) atoms. The van der Waals surface area contributed by atoms with Crippen LogP contribution in [-0.2, 0) is 33.2 Å². The summed E-state index contributed by atoms with van der Waals surface area (Å²) in [5.74, 6) is -1.67. The van der Waals surface area contributed by atoms with E-state index >= 15 is 0 Å². The van der Waals surface area contributed by atoms with Crippen LogP contribution < -0.4 is 0 Å². The van der Waals surface area contributed by atoms with Gasteiger partial charge in [-0.25, -0.2) is 4.79 Å². The molecule has 7 heteroatoms. The summed E-state index contributed by atoms with van der Waals surface area (Å²) in [6.45, 7) is 0. The van der Waals surface area contributed by atoms with Crippen LogP contribution in [-0.4, -0.2) is 55.4 Å². The third-order valence-electron chi connectivity index (χ3n) is 6.54. The molecule has 5 fully saturated rings. The molecule has 3 heterocycles. The predicted octanol–water partition coefficient (Wildman–Crippen LogP) is 2.40. The molecule has 0 aromatic heterocycles. The van der Waals surface area contributed by atoms with Crippen LogP contribution in [0.15, 0.2) is 0 Å². The third kappa shape index (κ3) is 2.71. The number of hydrogen-bond donors (Lipinski definition) is 0. The van der Waals surface area contributed by atoms with Crippen molar-refractivity contribution in [1.82, 2.24) is 0 Å². The SMILES string of the molecule is COC(=O)[C@@H]1O[C@H]2OC3(CCCCC3)O[C@@H]2[C@H]2OC3(CCCCC3)O[C@@H]21. The monoisotopic (exact) mass is 368 g/mol. The van der Waals surface area contributed by atoms with Gasteiger partial charge in [0, 0.05) is 25.7 Å². The summed E-state index contributed by atoms with van der Waals surface area (Å²) in [6, 6.07) is 0. The molecule has 0 aromatic carbocycles. The zero-order chi connectivity index (χ0) is 17.8. The molecule has 0 N–H and O–H groups in total. The van der Waals surface area contributed by atoms with Gasteiger partial charge in [-0.3, -0.25) is 0 Å². The molecule has 5 aliphatic rings. The summed E-state index contributed by atoms with van der Waals surface area (Å²) in [6.07, 6.45) is 7.40. The van der Waals surface area contributed by atoms with E-state index in [1.807, 2.05) is 0 Å². The molecule has 5 atom stereocenters. The Morgan fingerprint density at radius 1 is 0.769 bits per heavy atom. The Morgan fingerprint density at radius 2 is 1.31 bits per heavy atom. The van der Waals surface area contributed by atoms with Crippen LogP contribution >= 0.6 is 0 Å². The summed E-state index contributed by atoms with van der Waals surface area (Å²) in [5, 5.41) is 0. The lowest BCUT2D eigenvalue weighted by atomic mass is 9.94. The molecule has 0 amide bonds. The van der Waals surface area contributed by atoms with Gasteiger partial charge < -0.3 is 28.4 Å². The first-order chi connectivity index (χ1) is 12.6. The van der Waals surface area contributed by atoms with Crippen molar-refractivity contribution in [1.29, 1.82) is 0 Å². The Bertz CT molecular complexity index is 552. The summed E-state index contributed by atoms with van der Waals surface area (Å²) >= 11 is 0. The van der Waals surface area contributed by atoms with Crippen molar-refractivity contribution < 1.29 is 33.2 Å². The number of ether oxygens (including phenoxy) is 6. The molecular formula is C19H28O7. The molecule has 2 aliphatic carbocycles. The van der Waals surface area contributed by atoms with Crippen molar-refractivity contribution >= 4 is 5.97 Å². The molecular weight excluding hydrogens is 340 g/mol. The second-order valence-corrected chi connectivity index (χ2v) is 8.26. The van der Waals surface area contributed by atoms with E-state index in [4.69, 9.17) is 28.4 Å². The van der Waals surface area contributed by atoms with Crippen molar-refractivity contribution in [3.63, 3.8) is 0 Å². The van der Waals surface area contributed by atoms with Crippen LogP contribution in [0, 0.1) is 0 Å². The number of rotatable bonds is 1. The Labute approximate surface area is 153 Å². The summed E-state index contributed by atoms with van der Waals surface area (Å²) in [5.41, 5.74) is 0. The fraction of sp³-hybridized carbons (Fsp3) is 0.947. The highest BCUT2D eigenvalue weighted by Gasteiger charge is 2.65. The van der Waals surface area contributed by atoms with Gasteiger partial charge in [-0.05, 0) is 25.7 Å². The van der Waals surface area contributed by atoms with E-state index in [1.54, 1.807) is 0 Å². The maximum Gasteiger partial charge on any atom is 0.337 e. The number of esters is 1. The van der Waals surface area contributed by atoms with Gasteiger partial charge in [0.2, 0.25) is 0 Å². The molecule has 0 radical (unpaired) electrons. The molecule has 3 aliphatic heterocycles. The van der Waals surface area contributed by atoms with Gasteiger partial charge in [0.15, 0.2) is 24.0 Å². The van der Waals surface area contributed by atoms with Gasteiger partial charge in [-0.2, -0.15) is 0 Å². The molecule has 2 saturated carbocycles. The minimum absolute atomic E-state index is 0.361. The van der Waals surface area contributed by atoms with Crippen molar-refractivity contribution in [2.75, 3.05) is 7.11 Å². The van der Waals surface area contributed by atoms with E-state index in [0.29, 0.717) is 0 Å². The molecule has 5 rings (SSSR count). The van der Waals surface area contributed by atoms with E-state index in [-0.39, 0.29) is 12.2 Å². The first kappa shape index (κ1) is 17.4. The van der Waals surface area contributed by atoms with Crippen molar-refractivity contribution in [3.05, 3.63) is 0 Å². The van der Waals surface area contributed by atoms with E-state index in [9.17, 15) is 4.79 Å². The van der Waals surface area contributed by atoms with Crippen molar-refractivity contribution in [2.24, 2.45) is 0 Å². The highest BCUT2D eigenvalue weighted by molar-refractivity contribution is 5.75. The van der Waals surface area contributed by atoms with E-state index < -0.39 is 36.0 Å². The number of carbonyl (C=O) groups excluding carboxylic acids is 1. The second kappa shape index (κ2) is 6.41. The van der Waals surface area contributed by atoms with E-state index in [0.717, 1.165) is 51.4 Å². The van der Waals surface area contributed by atoms with Crippen LogP contribution in [0.2, 0.25) is 0 Å². The van der Waals surface area contributed by atoms with Crippen LogP contribution in [0.4, 0.5) is 0 Å². The summed E-state index contributed by atoms with van der Waals surface area (Å²) in [7, 11) is 1.37. The van der Waals surface area contributed by atoms with Gasteiger partial charge in [-0.1, -0.05) is 12.8 Å². The highest BCUT2D eigenvalue weighted by atomic mass is 16.9. The van der Waals surface area contributed by atoms with Gasteiger partial charge in [0.05, 0.1) is 7.11 Å². The molecule has 0 aromatic rings. The largest absolute Gasteiger partial charge is 0.467 e. The van der Waals surface area contributed by atoms with Gasteiger partial charge >= 0.3 is 5.97 Å². The van der Waals surface area contributed by atoms with Gasteiger partial charge in [0.25, 0.3) is 0 Å². The zero-order valence-electron chi connectivity index (χ0n) is 15.3. The fourth-order valence-corrected chi connectivity index (χ4v) is 5.26. The number of methoxy groups -OCH3 is 1. The number of hydrogen-bond acceptors (Lipinski definition) is 7. The van der Waals surface area contributed by atoms with Crippen LogP contribution in [0.25, 0.3) is 0 Å². The molecule has 0 bridgehead atoms. The van der Waals surface area contributed by atoms with Crippen LogP contribution in [0.5, 0.6) is 0 Å². The number of fused-ring (bicyclic) bond motifs is 3. The first-order valence-corrected chi connectivity index (χ1v) is 10.1. The fourth-order valence-electron chi connectivity index (χ4n) is 5.26. The average Bonchev–Trinajstić information content (AvgIpc) is 3.19. The Hall–Kier alpha value is -0.730. The quantitative estimate of drug-likeness (QED) is 0.658. The van der Waals surface area contributed by atoms with Gasteiger partial charge in [-0.15, -0.1) is 0 Å². The molecule has 2 spiro atoms. The molecule has 3 saturated heterocycles.